The molecule has 2 aliphatic rings. The molecule has 0 aliphatic carbocycles. The third kappa shape index (κ3) is 5.65. The minimum absolute atomic E-state index is 0.237. The lowest BCUT2D eigenvalue weighted by Gasteiger charge is -2.33. The van der Waals surface area contributed by atoms with Gasteiger partial charge in [0.1, 0.15) is 5.82 Å². The van der Waals surface area contributed by atoms with E-state index in [4.69, 9.17) is 9.97 Å². The maximum absolute atomic E-state index is 12.4. The van der Waals surface area contributed by atoms with Gasteiger partial charge < -0.3 is 20.4 Å². The number of aromatic nitrogens is 3. The molecule has 2 N–H and O–H groups in total. The normalized spacial score (nSPS) is 16.0. The van der Waals surface area contributed by atoms with E-state index < -0.39 is 0 Å². The third-order valence-electron chi connectivity index (χ3n) is 7.01. The second-order valence-electron chi connectivity index (χ2n) is 9.46. The number of amides is 1. The predicted octanol–water partition coefficient (Wildman–Crippen LogP) is 4.03. The Kier molecular flexibility index (Phi) is 7.71. The van der Waals surface area contributed by atoms with Crippen LogP contribution >= 0.6 is 0 Å². The first kappa shape index (κ1) is 24.2. The number of aryl methyl sites for hydroxylation is 1. The van der Waals surface area contributed by atoms with Gasteiger partial charge in [0, 0.05) is 62.3 Å². The van der Waals surface area contributed by atoms with Gasteiger partial charge in [-0.3, -0.25) is 9.78 Å². The average molecular weight is 486 g/mol. The number of rotatable bonds is 8. The number of nitrogens with one attached hydrogen (secondary N) is 2. The van der Waals surface area contributed by atoms with Crippen molar-refractivity contribution in [1.82, 2.24) is 25.2 Å². The number of nitrogens with zero attached hydrogens (tertiary/aromatic N) is 5. The highest BCUT2D eigenvalue weighted by Crippen LogP contribution is 2.35. The Bertz CT molecular complexity index is 1160. The zero-order valence-corrected chi connectivity index (χ0v) is 21.0. The van der Waals surface area contributed by atoms with Crippen LogP contribution in [0.25, 0.3) is 11.3 Å². The van der Waals surface area contributed by atoms with E-state index in [0.717, 1.165) is 75.5 Å². The molecule has 8 heteroatoms. The molecule has 0 bridgehead atoms. The molecular formula is C28H35N7O. The molecule has 0 unspecified atom stereocenters. The number of benzene rings is 1. The second kappa shape index (κ2) is 11.5. The average Bonchev–Trinajstić information content (AvgIpc) is 2.93. The first-order valence-electron chi connectivity index (χ1n) is 13.1. The molecule has 0 spiro atoms. The maximum Gasteiger partial charge on any atom is 0.224 e. The smallest absolute Gasteiger partial charge is 0.224 e. The van der Waals surface area contributed by atoms with Crippen LogP contribution in [-0.2, 0) is 11.2 Å². The van der Waals surface area contributed by atoms with Crippen LogP contribution in [0.15, 0.2) is 54.9 Å². The number of anilines is 3. The number of fused-ring (bicyclic) bond motifs is 1. The minimum atomic E-state index is 0.237. The Balaban J connectivity index is 1.26. The lowest BCUT2D eigenvalue weighted by Crippen LogP contribution is -2.43. The van der Waals surface area contributed by atoms with Crippen molar-refractivity contribution in [3.05, 3.63) is 60.4 Å². The van der Waals surface area contributed by atoms with E-state index in [2.05, 4.69) is 45.6 Å². The van der Waals surface area contributed by atoms with Gasteiger partial charge in [0.2, 0.25) is 11.9 Å². The van der Waals surface area contributed by atoms with Crippen molar-refractivity contribution in [2.75, 3.05) is 42.9 Å². The summed E-state index contributed by atoms with van der Waals surface area (Å²) in [5.41, 5.74) is 4.51. The Labute approximate surface area is 213 Å². The van der Waals surface area contributed by atoms with Crippen molar-refractivity contribution in [2.24, 2.45) is 0 Å². The van der Waals surface area contributed by atoms with Crippen molar-refractivity contribution in [3.8, 4) is 11.3 Å². The monoisotopic (exact) mass is 485 g/mol. The highest BCUT2D eigenvalue weighted by Gasteiger charge is 2.24. The summed E-state index contributed by atoms with van der Waals surface area (Å²) in [6, 6.07) is 14.7. The summed E-state index contributed by atoms with van der Waals surface area (Å²) in [6.07, 6.45) is 8.30. The Morgan fingerprint density at radius 2 is 1.92 bits per heavy atom. The molecule has 188 valence electrons. The summed E-state index contributed by atoms with van der Waals surface area (Å²) in [4.78, 5) is 30.8. The van der Waals surface area contributed by atoms with Gasteiger partial charge in [0.25, 0.3) is 0 Å². The number of hydrogen-bond acceptors (Lipinski definition) is 7. The standard InChI is InChI=1S/C28H35N7O/c1-2-29-14-11-27(36)34-17-12-23(13-18-34)32-28-30-15-10-26(33-28)35-16-6-9-22-20-31-24(19-25(22)35)21-7-4-3-5-8-21/h3-5,7-8,10,15,19-20,23,29H,2,6,9,11-14,16-18H2,1H3,(H,30,32,33). The van der Waals surface area contributed by atoms with E-state index in [-0.39, 0.29) is 11.9 Å². The summed E-state index contributed by atoms with van der Waals surface area (Å²) in [7, 11) is 0. The summed E-state index contributed by atoms with van der Waals surface area (Å²) in [5, 5.41) is 6.75. The van der Waals surface area contributed by atoms with Crippen LogP contribution in [0.4, 0.5) is 17.5 Å². The SMILES string of the molecule is CCNCCC(=O)N1CCC(Nc2nccc(N3CCCc4cnc(-c5ccccc5)cc43)n2)CC1. The highest BCUT2D eigenvalue weighted by atomic mass is 16.2. The lowest BCUT2D eigenvalue weighted by molar-refractivity contribution is -0.132. The highest BCUT2D eigenvalue weighted by molar-refractivity contribution is 5.76. The lowest BCUT2D eigenvalue weighted by atomic mass is 10.0. The van der Waals surface area contributed by atoms with Crippen molar-refractivity contribution in [2.45, 2.75) is 45.1 Å². The number of carbonyl (C=O) groups excluding carboxylic acids is 1. The molecule has 2 aromatic heterocycles. The molecule has 1 amide bonds. The zero-order valence-electron chi connectivity index (χ0n) is 21.0. The Morgan fingerprint density at radius 3 is 2.72 bits per heavy atom. The summed E-state index contributed by atoms with van der Waals surface area (Å²) >= 11 is 0. The summed E-state index contributed by atoms with van der Waals surface area (Å²) in [6.45, 7) is 6.16. The number of likely N-dealkylation sites (tertiary alicyclic amines) is 1. The van der Waals surface area contributed by atoms with Gasteiger partial charge in [-0.15, -0.1) is 0 Å². The molecule has 8 nitrogen and oxygen atoms in total. The summed E-state index contributed by atoms with van der Waals surface area (Å²) < 4.78 is 0. The van der Waals surface area contributed by atoms with Crippen LogP contribution < -0.4 is 15.5 Å². The fourth-order valence-electron chi connectivity index (χ4n) is 5.02. The number of pyridine rings is 1. The number of piperidine rings is 1. The van der Waals surface area contributed by atoms with E-state index in [1.165, 1.54) is 11.3 Å². The number of hydrogen-bond donors (Lipinski definition) is 2. The largest absolute Gasteiger partial charge is 0.351 e. The molecule has 0 radical (unpaired) electrons. The fraction of sp³-hybridized carbons (Fsp3) is 0.429. The molecule has 1 fully saturated rings. The van der Waals surface area contributed by atoms with Crippen molar-refractivity contribution >= 4 is 23.4 Å². The van der Waals surface area contributed by atoms with E-state index in [0.29, 0.717) is 12.4 Å². The molecule has 1 aromatic carbocycles. The van der Waals surface area contributed by atoms with Crippen molar-refractivity contribution in [3.63, 3.8) is 0 Å². The molecule has 4 heterocycles. The molecule has 3 aromatic rings. The van der Waals surface area contributed by atoms with E-state index in [1.54, 1.807) is 0 Å². The topological polar surface area (TPSA) is 86.3 Å². The van der Waals surface area contributed by atoms with Crippen molar-refractivity contribution < 1.29 is 4.79 Å². The van der Waals surface area contributed by atoms with E-state index in [1.807, 2.05) is 41.6 Å². The predicted molar refractivity (Wildman–Crippen MR) is 143 cm³/mol. The Hall–Kier alpha value is -3.52. The first-order chi connectivity index (χ1) is 17.7. The summed E-state index contributed by atoms with van der Waals surface area (Å²) in [5.74, 6) is 1.78. The molecule has 5 rings (SSSR count). The van der Waals surface area contributed by atoms with E-state index in [9.17, 15) is 4.79 Å². The van der Waals surface area contributed by atoms with Gasteiger partial charge in [0.05, 0.1) is 5.69 Å². The molecule has 0 atom stereocenters. The fourth-order valence-corrected chi connectivity index (χ4v) is 5.02. The van der Waals surface area contributed by atoms with Gasteiger partial charge >= 0.3 is 0 Å². The molecule has 36 heavy (non-hydrogen) atoms. The van der Waals surface area contributed by atoms with Crippen LogP contribution in [0.1, 0.15) is 38.2 Å². The van der Waals surface area contributed by atoms with Gasteiger partial charge in [-0.1, -0.05) is 37.3 Å². The van der Waals surface area contributed by atoms with Crippen LogP contribution in [0, 0.1) is 0 Å². The van der Waals surface area contributed by atoms with Gasteiger partial charge in [-0.25, -0.2) is 4.98 Å². The zero-order chi connectivity index (χ0) is 24.7. The van der Waals surface area contributed by atoms with Crippen molar-refractivity contribution in [1.29, 1.82) is 0 Å². The first-order valence-corrected chi connectivity index (χ1v) is 13.1. The van der Waals surface area contributed by atoms with Gasteiger partial charge in [0.15, 0.2) is 0 Å². The Morgan fingerprint density at radius 1 is 1.08 bits per heavy atom. The van der Waals surface area contributed by atoms with Crippen LogP contribution in [0.3, 0.4) is 0 Å². The third-order valence-corrected chi connectivity index (χ3v) is 7.01. The van der Waals surface area contributed by atoms with Crippen LogP contribution in [0.2, 0.25) is 0 Å². The minimum Gasteiger partial charge on any atom is -0.351 e. The molecule has 0 saturated carbocycles. The molecular weight excluding hydrogens is 450 g/mol. The van der Waals surface area contributed by atoms with Gasteiger partial charge in [-0.05, 0) is 49.9 Å². The van der Waals surface area contributed by atoms with E-state index >= 15 is 0 Å². The van der Waals surface area contributed by atoms with Crippen LogP contribution in [0.5, 0.6) is 0 Å². The van der Waals surface area contributed by atoms with Gasteiger partial charge in [-0.2, -0.15) is 4.98 Å². The number of carbonyl (C=O) groups is 1. The maximum atomic E-state index is 12.4. The second-order valence-corrected chi connectivity index (χ2v) is 9.46. The molecule has 2 aliphatic heterocycles. The van der Waals surface area contributed by atoms with Crippen LogP contribution in [-0.4, -0.2) is 64.5 Å². The quantitative estimate of drug-likeness (QED) is 0.466. The molecule has 1 saturated heterocycles.